The number of methoxy groups -OCH3 is 1. The van der Waals surface area contributed by atoms with Gasteiger partial charge in [-0.25, -0.2) is 4.79 Å². The van der Waals surface area contributed by atoms with Crippen LogP contribution < -0.4 is 9.64 Å². The molecular weight excluding hydrogens is 508 g/mol. The number of nitrogens with zero attached hydrogens (tertiary/aromatic N) is 2. The number of piperazine rings is 1. The zero-order valence-corrected chi connectivity index (χ0v) is 20.8. The molecule has 0 bridgehead atoms. The van der Waals surface area contributed by atoms with Crippen molar-refractivity contribution >= 4 is 23.3 Å². The molecule has 0 saturated carbocycles. The lowest BCUT2D eigenvalue weighted by molar-refractivity contribution is -0.235. The fraction of sp³-hybridized carbons (Fsp3) is 0.480. The predicted molar refractivity (Wildman–Crippen MR) is 131 cm³/mol. The maximum absolute atomic E-state index is 13.2. The fourth-order valence-electron chi connectivity index (χ4n) is 5.30. The van der Waals surface area contributed by atoms with Crippen molar-refractivity contribution in [1.82, 2.24) is 4.90 Å². The second-order valence-corrected chi connectivity index (χ2v) is 9.80. The number of ether oxygens (including phenoxy) is 3. The van der Waals surface area contributed by atoms with E-state index >= 15 is 0 Å². The highest BCUT2D eigenvalue weighted by Crippen LogP contribution is 2.52. The lowest BCUT2D eigenvalue weighted by Crippen LogP contribution is -2.58. The molecule has 0 radical (unpaired) electrons. The van der Waals surface area contributed by atoms with E-state index in [-0.39, 0.29) is 29.0 Å². The highest BCUT2D eigenvalue weighted by molar-refractivity contribution is 6.30. The summed E-state index contributed by atoms with van der Waals surface area (Å²) in [4.78, 5) is 17.4. The van der Waals surface area contributed by atoms with Crippen molar-refractivity contribution in [3.8, 4) is 17.2 Å². The molecule has 0 aliphatic carbocycles. The number of aliphatic hydroxyl groups excluding tert-OH is 3. The van der Waals surface area contributed by atoms with E-state index in [4.69, 9.17) is 25.8 Å². The third kappa shape index (κ3) is 4.45. The van der Waals surface area contributed by atoms with Crippen LogP contribution in [0.3, 0.4) is 0 Å². The molecule has 0 aromatic heterocycles. The smallest absolute Gasteiger partial charge is 0.339 e. The van der Waals surface area contributed by atoms with E-state index in [1.54, 1.807) is 0 Å². The Morgan fingerprint density at radius 1 is 1.05 bits per heavy atom. The largest absolute Gasteiger partial charge is 0.504 e. The van der Waals surface area contributed by atoms with Crippen LogP contribution in [0, 0.1) is 0 Å². The number of esters is 1. The van der Waals surface area contributed by atoms with Crippen molar-refractivity contribution < 1.29 is 44.5 Å². The van der Waals surface area contributed by atoms with Crippen LogP contribution in [0.1, 0.15) is 27.6 Å². The molecule has 2 fully saturated rings. The third-order valence-electron chi connectivity index (χ3n) is 7.29. The van der Waals surface area contributed by atoms with Crippen LogP contribution in [-0.4, -0.2) is 101 Å². The van der Waals surface area contributed by atoms with Gasteiger partial charge in [-0.1, -0.05) is 11.6 Å². The summed E-state index contributed by atoms with van der Waals surface area (Å²) in [6, 6.07) is 7.57. The lowest BCUT2D eigenvalue weighted by Gasteiger charge is -2.45. The van der Waals surface area contributed by atoms with E-state index in [1.165, 1.54) is 7.11 Å². The monoisotopic (exact) mass is 536 g/mol. The van der Waals surface area contributed by atoms with Gasteiger partial charge in [0.25, 0.3) is 0 Å². The van der Waals surface area contributed by atoms with Crippen molar-refractivity contribution in [2.24, 2.45) is 0 Å². The number of fused-ring (bicyclic) bond motifs is 3. The van der Waals surface area contributed by atoms with Crippen LogP contribution in [0.5, 0.6) is 17.2 Å². The van der Waals surface area contributed by atoms with E-state index < -0.39 is 54.6 Å². The summed E-state index contributed by atoms with van der Waals surface area (Å²) in [5.41, 5.74) is 1.13. The Hall–Kier alpha value is -2.80. The van der Waals surface area contributed by atoms with Crippen molar-refractivity contribution in [3.63, 3.8) is 0 Å². The summed E-state index contributed by atoms with van der Waals surface area (Å²) in [5, 5.41) is 53.1. The zero-order valence-electron chi connectivity index (χ0n) is 20.1. The zero-order chi connectivity index (χ0) is 26.4. The van der Waals surface area contributed by atoms with Crippen molar-refractivity contribution in [2.45, 2.75) is 37.1 Å². The fourth-order valence-corrected chi connectivity index (χ4v) is 5.43. The molecule has 5 rings (SSSR count). The number of halogens is 1. The summed E-state index contributed by atoms with van der Waals surface area (Å²) in [5.74, 6) is -2.05. The molecule has 3 heterocycles. The Kier molecular flexibility index (Phi) is 7.10. The minimum atomic E-state index is -1.56. The van der Waals surface area contributed by atoms with E-state index in [2.05, 4.69) is 9.80 Å². The Morgan fingerprint density at radius 3 is 2.35 bits per heavy atom. The number of aromatic hydroxyl groups is 2. The molecule has 200 valence electrons. The molecule has 12 heteroatoms. The van der Waals surface area contributed by atoms with Crippen LogP contribution in [0.15, 0.2) is 24.3 Å². The van der Waals surface area contributed by atoms with Crippen molar-refractivity contribution in [2.75, 3.05) is 44.8 Å². The number of anilines is 1. The molecule has 2 saturated heterocycles. The molecule has 2 aromatic rings. The standard InChI is InChI=1S/C25H29ClN2O9/c1-35-23-18(30)14(10-27-6-8-28(9-7-27)13-4-2-12(26)3-5-13)16-17(20(23)32)22-24(37-25(16)34)21(33)19(31)15(11-29)36-22/h2-5,15,19,21-22,24,29-33H,6-11H2,1H3/t15-,19-,21+,22?,24?/m0/s1. The number of hydrogen-bond acceptors (Lipinski definition) is 11. The molecule has 0 amide bonds. The quantitative estimate of drug-likeness (QED) is 0.344. The van der Waals surface area contributed by atoms with Gasteiger partial charge in [-0.15, -0.1) is 0 Å². The van der Waals surface area contributed by atoms with Gasteiger partial charge in [0.05, 0.1) is 19.3 Å². The van der Waals surface area contributed by atoms with Gasteiger partial charge in [-0.2, -0.15) is 0 Å². The van der Waals surface area contributed by atoms with E-state index in [0.29, 0.717) is 31.2 Å². The molecule has 37 heavy (non-hydrogen) atoms. The Bertz CT molecular complexity index is 1170. The first-order valence-corrected chi connectivity index (χ1v) is 12.3. The molecule has 2 unspecified atom stereocenters. The first-order chi connectivity index (χ1) is 17.7. The number of aliphatic hydroxyl groups is 3. The van der Waals surface area contributed by atoms with Gasteiger partial charge in [0.2, 0.25) is 5.75 Å². The van der Waals surface area contributed by atoms with Gasteiger partial charge in [0.1, 0.15) is 24.4 Å². The van der Waals surface area contributed by atoms with Crippen molar-refractivity contribution in [1.29, 1.82) is 0 Å². The van der Waals surface area contributed by atoms with Gasteiger partial charge in [-0.05, 0) is 24.3 Å². The summed E-state index contributed by atoms with van der Waals surface area (Å²) >= 11 is 5.99. The average Bonchev–Trinajstić information content (AvgIpc) is 2.90. The Balaban J connectivity index is 1.46. The molecular formula is C25H29ClN2O9. The van der Waals surface area contributed by atoms with Crippen LogP contribution >= 0.6 is 11.6 Å². The SMILES string of the molecule is COc1c(O)c(CN2CCN(c3ccc(Cl)cc3)CC2)c2c(c1O)C1O[C@@H](CO)[C@H](O)[C@@H](O)C1OC2=O. The molecule has 2 aromatic carbocycles. The molecule has 5 N–H and O–H groups in total. The van der Waals surface area contributed by atoms with Crippen LogP contribution in [0.4, 0.5) is 5.69 Å². The third-order valence-corrected chi connectivity index (χ3v) is 7.54. The molecule has 3 aliphatic rings. The number of phenolic OH excluding ortho intramolecular Hbond substituents is 2. The highest BCUT2D eigenvalue weighted by Gasteiger charge is 2.53. The topological polar surface area (TPSA) is 152 Å². The Morgan fingerprint density at radius 2 is 1.73 bits per heavy atom. The second kappa shape index (κ2) is 10.2. The maximum Gasteiger partial charge on any atom is 0.339 e. The molecule has 11 nitrogen and oxygen atoms in total. The molecule has 0 spiro atoms. The van der Waals surface area contributed by atoms with E-state index in [0.717, 1.165) is 5.69 Å². The second-order valence-electron chi connectivity index (χ2n) is 9.37. The van der Waals surface area contributed by atoms with Gasteiger partial charge in [0, 0.05) is 54.6 Å². The van der Waals surface area contributed by atoms with Gasteiger partial charge in [0.15, 0.2) is 17.6 Å². The minimum Gasteiger partial charge on any atom is -0.504 e. The Labute approximate surface area is 218 Å². The number of hydrogen-bond donors (Lipinski definition) is 5. The van der Waals surface area contributed by atoms with Gasteiger partial charge >= 0.3 is 5.97 Å². The summed E-state index contributed by atoms with van der Waals surface area (Å²) in [6.45, 7) is 2.18. The first-order valence-electron chi connectivity index (χ1n) is 12.0. The van der Waals surface area contributed by atoms with Gasteiger partial charge < -0.3 is 44.6 Å². The van der Waals surface area contributed by atoms with E-state index in [9.17, 15) is 30.3 Å². The van der Waals surface area contributed by atoms with Crippen LogP contribution in [-0.2, 0) is 16.0 Å². The highest BCUT2D eigenvalue weighted by atomic mass is 35.5. The normalized spacial score (nSPS) is 27.9. The number of carbonyl (C=O) groups is 1. The number of carbonyl (C=O) groups excluding carboxylic acids is 1. The van der Waals surface area contributed by atoms with Crippen LogP contribution in [0.2, 0.25) is 5.02 Å². The minimum absolute atomic E-state index is 0.0184. The molecule has 3 aliphatic heterocycles. The average molecular weight is 537 g/mol. The van der Waals surface area contributed by atoms with Crippen molar-refractivity contribution in [3.05, 3.63) is 46.0 Å². The van der Waals surface area contributed by atoms with Crippen LogP contribution in [0.25, 0.3) is 0 Å². The van der Waals surface area contributed by atoms with E-state index in [1.807, 2.05) is 24.3 Å². The number of benzene rings is 2. The summed E-state index contributed by atoms with van der Waals surface area (Å²) < 4.78 is 16.5. The van der Waals surface area contributed by atoms with Gasteiger partial charge in [-0.3, -0.25) is 4.90 Å². The maximum atomic E-state index is 13.2. The first kappa shape index (κ1) is 25.8. The molecule has 5 atom stereocenters. The summed E-state index contributed by atoms with van der Waals surface area (Å²) in [7, 11) is 1.27. The lowest BCUT2D eigenvalue weighted by atomic mass is 9.84. The predicted octanol–water partition coefficient (Wildman–Crippen LogP) is 0.775. The summed E-state index contributed by atoms with van der Waals surface area (Å²) in [6.07, 6.45) is -6.76. The number of phenols is 2. The number of rotatable bonds is 5.